The number of hydroxylamine groups is 1. The molecule has 0 radical (unpaired) electrons. The molecule has 5 N–H and O–H groups in total. The monoisotopic (exact) mass is 254 g/mol. The zero-order valence-electron chi connectivity index (χ0n) is 9.71. The summed E-state index contributed by atoms with van der Waals surface area (Å²) in [7, 11) is 1.37. The lowest BCUT2D eigenvalue weighted by molar-refractivity contribution is -0.138. The van der Waals surface area contributed by atoms with E-state index in [1.54, 1.807) is 6.07 Å². The number of rotatable bonds is 5. The molecule has 18 heavy (non-hydrogen) atoms. The molecule has 1 aromatic carbocycles. The molecule has 0 spiro atoms. The van der Waals surface area contributed by atoms with Gasteiger partial charge in [-0.3, -0.25) is 14.8 Å². The van der Waals surface area contributed by atoms with E-state index in [0.29, 0.717) is 5.56 Å². The number of methoxy groups -OCH3 is 1. The predicted octanol–water partition coefficient (Wildman–Crippen LogP) is -0.231. The Morgan fingerprint density at radius 2 is 2.17 bits per heavy atom. The van der Waals surface area contributed by atoms with Gasteiger partial charge in [0.05, 0.1) is 12.7 Å². The number of carbonyl (C=O) groups excluding carboxylic acids is 1. The highest BCUT2D eigenvalue weighted by atomic mass is 16.5. The quantitative estimate of drug-likeness (QED) is 0.425. The lowest BCUT2D eigenvalue weighted by atomic mass is 10.0. The molecular formula is C11H14N2O5. The molecule has 0 aliphatic carbocycles. The molecule has 7 nitrogen and oxygen atoms in total. The third-order valence-electron chi connectivity index (χ3n) is 2.38. The Morgan fingerprint density at radius 1 is 1.50 bits per heavy atom. The number of hydrogen-bond donors (Lipinski definition) is 4. The van der Waals surface area contributed by atoms with Gasteiger partial charge >= 0.3 is 5.97 Å². The van der Waals surface area contributed by atoms with Gasteiger partial charge in [0, 0.05) is 0 Å². The van der Waals surface area contributed by atoms with Crippen LogP contribution in [0.3, 0.4) is 0 Å². The minimum absolute atomic E-state index is 0.118. The Kier molecular flexibility index (Phi) is 4.64. The fourth-order valence-corrected chi connectivity index (χ4v) is 1.45. The predicted molar refractivity (Wildman–Crippen MR) is 61.6 cm³/mol. The Bertz CT molecular complexity index is 461. The summed E-state index contributed by atoms with van der Waals surface area (Å²) in [5.41, 5.74) is 7.67. The van der Waals surface area contributed by atoms with E-state index in [0.717, 1.165) is 0 Å². The van der Waals surface area contributed by atoms with Gasteiger partial charge in [0.25, 0.3) is 5.91 Å². The number of nitrogens with two attached hydrogens (primary N) is 1. The van der Waals surface area contributed by atoms with Crippen LogP contribution in [0.25, 0.3) is 0 Å². The van der Waals surface area contributed by atoms with Gasteiger partial charge in [-0.2, -0.15) is 0 Å². The molecule has 1 rings (SSSR count). The van der Waals surface area contributed by atoms with Gasteiger partial charge in [-0.15, -0.1) is 0 Å². The number of carbonyl (C=O) groups is 2. The van der Waals surface area contributed by atoms with Gasteiger partial charge in [0.15, 0.2) is 0 Å². The maximum Gasteiger partial charge on any atom is 0.320 e. The standard InChI is InChI=1S/C11H14N2O5/c1-18-9-5-6(4-8(12)11(15)16)2-3-7(9)10(14)13-17/h2-3,5,8,17H,4,12H2,1H3,(H,13,14)(H,15,16). The van der Waals surface area contributed by atoms with Crippen LogP contribution >= 0.6 is 0 Å². The topological polar surface area (TPSA) is 122 Å². The third kappa shape index (κ3) is 3.19. The fraction of sp³-hybridized carbons (Fsp3) is 0.273. The van der Waals surface area contributed by atoms with Crippen LogP contribution in [0.15, 0.2) is 18.2 Å². The molecule has 0 aromatic heterocycles. The van der Waals surface area contributed by atoms with Crippen LogP contribution in [0.1, 0.15) is 15.9 Å². The van der Waals surface area contributed by atoms with Crippen LogP contribution in [-0.4, -0.2) is 35.3 Å². The number of aliphatic carboxylic acids is 1. The first-order chi connectivity index (χ1) is 8.49. The Morgan fingerprint density at radius 3 is 2.67 bits per heavy atom. The number of carboxylic acid groups (broad SMARTS) is 1. The largest absolute Gasteiger partial charge is 0.496 e. The molecule has 98 valence electrons. The van der Waals surface area contributed by atoms with Gasteiger partial charge in [0.2, 0.25) is 0 Å². The van der Waals surface area contributed by atoms with Crippen molar-refractivity contribution in [1.82, 2.24) is 5.48 Å². The number of benzene rings is 1. The molecule has 1 amide bonds. The van der Waals surface area contributed by atoms with E-state index >= 15 is 0 Å². The summed E-state index contributed by atoms with van der Waals surface area (Å²) < 4.78 is 4.99. The van der Waals surface area contributed by atoms with Crippen molar-refractivity contribution in [2.45, 2.75) is 12.5 Å². The van der Waals surface area contributed by atoms with Crippen molar-refractivity contribution < 1.29 is 24.6 Å². The molecule has 0 fully saturated rings. The molecule has 0 saturated heterocycles. The molecule has 0 saturated carbocycles. The summed E-state index contributed by atoms with van der Waals surface area (Å²) in [6.07, 6.45) is 0.118. The van der Waals surface area contributed by atoms with Gasteiger partial charge in [-0.25, -0.2) is 5.48 Å². The zero-order chi connectivity index (χ0) is 13.7. The molecular weight excluding hydrogens is 240 g/mol. The van der Waals surface area contributed by atoms with Crippen LogP contribution in [0, 0.1) is 0 Å². The van der Waals surface area contributed by atoms with Crippen molar-refractivity contribution in [3.8, 4) is 5.75 Å². The summed E-state index contributed by atoms with van der Waals surface area (Å²) in [5.74, 6) is -1.58. The second-order valence-corrected chi connectivity index (χ2v) is 3.62. The van der Waals surface area contributed by atoms with Crippen molar-refractivity contribution in [2.24, 2.45) is 5.73 Å². The average molecular weight is 254 g/mol. The lowest BCUT2D eigenvalue weighted by Gasteiger charge is -2.11. The minimum atomic E-state index is -1.11. The van der Waals surface area contributed by atoms with Gasteiger partial charge in [-0.05, 0) is 24.1 Å². The van der Waals surface area contributed by atoms with E-state index in [1.807, 2.05) is 0 Å². The van der Waals surface area contributed by atoms with E-state index in [2.05, 4.69) is 0 Å². The van der Waals surface area contributed by atoms with Crippen molar-refractivity contribution >= 4 is 11.9 Å². The number of hydrogen-bond acceptors (Lipinski definition) is 5. The summed E-state index contributed by atoms with van der Waals surface area (Å²) in [6, 6.07) is 3.46. The van der Waals surface area contributed by atoms with E-state index in [4.69, 9.17) is 20.8 Å². The summed E-state index contributed by atoms with van der Waals surface area (Å²) in [6.45, 7) is 0. The maximum atomic E-state index is 11.3. The summed E-state index contributed by atoms with van der Waals surface area (Å²) in [4.78, 5) is 21.9. The molecule has 7 heteroatoms. The first kappa shape index (κ1) is 13.9. The first-order valence-corrected chi connectivity index (χ1v) is 5.09. The number of nitrogens with one attached hydrogen (secondary N) is 1. The van der Waals surface area contributed by atoms with Crippen molar-refractivity contribution in [1.29, 1.82) is 0 Å². The molecule has 0 heterocycles. The number of carboxylic acids is 1. The van der Waals surface area contributed by atoms with E-state index in [-0.39, 0.29) is 17.7 Å². The van der Waals surface area contributed by atoms with Crippen LogP contribution in [0.2, 0.25) is 0 Å². The van der Waals surface area contributed by atoms with Crippen LogP contribution in [-0.2, 0) is 11.2 Å². The maximum absolute atomic E-state index is 11.3. The second-order valence-electron chi connectivity index (χ2n) is 3.62. The van der Waals surface area contributed by atoms with E-state index in [1.165, 1.54) is 24.7 Å². The van der Waals surface area contributed by atoms with Gasteiger partial charge < -0.3 is 15.6 Å². The zero-order valence-corrected chi connectivity index (χ0v) is 9.71. The Labute approximate surface area is 103 Å². The highest BCUT2D eigenvalue weighted by molar-refractivity contribution is 5.96. The van der Waals surface area contributed by atoms with Crippen LogP contribution < -0.4 is 16.0 Å². The normalized spacial score (nSPS) is 11.7. The molecule has 0 aliphatic heterocycles. The van der Waals surface area contributed by atoms with Crippen LogP contribution in [0.5, 0.6) is 5.75 Å². The Hall–Kier alpha value is -2.12. The minimum Gasteiger partial charge on any atom is -0.496 e. The molecule has 1 aromatic rings. The second kappa shape index (κ2) is 5.99. The third-order valence-corrected chi connectivity index (χ3v) is 2.38. The van der Waals surface area contributed by atoms with Crippen molar-refractivity contribution in [3.63, 3.8) is 0 Å². The summed E-state index contributed by atoms with van der Waals surface area (Å²) in [5, 5.41) is 17.2. The Balaban J connectivity index is 2.98. The van der Waals surface area contributed by atoms with E-state index < -0.39 is 17.9 Å². The molecule has 1 atom stereocenters. The SMILES string of the molecule is COc1cc(CC(N)C(=O)O)ccc1C(=O)NO. The number of ether oxygens (including phenoxy) is 1. The molecule has 0 bridgehead atoms. The smallest absolute Gasteiger partial charge is 0.320 e. The van der Waals surface area contributed by atoms with E-state index in [9.17, 15) is 9.59 Å². The molecule has 0 aliphatic rings. The van der Waals surface area contributed by atoms with Gasteiger partial charge in [-0.1, -0.05) is 6.07 Å². The highest BCUT2D eigenvalue weighted by Gasteiger charge is 2.16. The van der Waals surface area contributed by atoms with Gasteiger partial charge in [0.1, 0.15) is 11.8 Å². The summed E-state index contributed by atoms with van der Waals surface area (Å²) >= 11 is 0. The first-order valence-electron chi connectivity index (χ1n) is 5.09. The van der Waals surface area contributed by atoms with Crippen molar-refractivity contribution in [3.05, 3.63) is 29.3 Å². The average Bonchev–Trinajstić information content (AvgIpc) is 2.37. The highest BCUT2D eigenvalue weighted by Crippen LogP contribution is 2.20. The fourth-order valence-electron chi connectivity index (χ4n) is 1.45. The lowest BCUT2D eigenvalue weighted by Crippen LogP contribution is -2.32. The number of amides is 1. The van der Waals surface area contributed by atoms with Crippen LogP contribution in [0.4, 0.5) is 0 Å². The van der Waals surface area contributed by atoms with Crippen molar-refractivity contribution in [2.75, 3.05) is 7.11 Å². The molecule has 1 unspecified atom stereocenters.